The van der Waals surface area contributed by atoms with Crippen LogP contribution in [0.4, 0.5) is 13.2 Å². The molecule has 8 heteroatoms. The maximum absolute atomic E-state index is 13.6. The predicted molar refractivity (Wildman–Crippen MR) is 79.1 cm³/mol. The third-order valence-corrected chi connectivity index (χ3v) is 5.43. The van der Waals surface area contributed by atoms with Crippen LogP contribution in [-0.2, 0) is 27.7 Å². The summed E-state index contributed by atoms with van der Waals surface area (Å²) in [6, 6.07) is 6.76. The van der Waals surface area contributed by atoms with Crippen molar-refractivity contribution in [1.29, 1.82) is 0 Å². The van der Waals surface area contributed by atoms with Crippen molar-refractivity contribution in [3.63, 3.8) is 0 Å². The van der Waals surface area contributed by atoms with Crippen LogP contribution in [0.5, 0.6) is 0 Å². The van der Waals surface area contributed by atoms with Crippen molar-refractivity contribution in [2.75, 3.05) is 5.75 Å². The minimum atomic E-state index is -4.15. The van der Waals surface area contributed by atoms with E-state index in [1.807, 2.05) is 0 Å². The van der Waals surface area contributed by atoms with Crippen molar-refractivity contribution >= 4 is 15.7 Å². The fourth-order valence-electron chi connectivity index (χ4n) is 2.60. The van der Waals surface area contributed by atoms with E-state index in [-0.39, 0.29) is 13.1 Å². The fourth-order valence-corrected chi connectivity index (χ4v) is 3.91. The van der Waals surface area contributed by atoms with Gasteiger partial charge >= 0.3 is 0 Å². The number of carbonyl (C=O) groups is 1. The van der Waals surface area contributed by atoms with Crippen LogP contribution in [0.25, 0.3) is 0 Å². The predicted octanol–water partition coefficient (Wildman–Crippen LogP) is 2.42. The summed E-state index contributed by atoms with van der Waals surface area (Å²) in [4.78, 5) is 12.8. The van der Waals surface area contributed by atoms with Gasteiger partial charge in [0.05, 0.1) is 0 Å². The maximum Gasteiger partial charge on any atom is 0.238 e. The van der Waals surface area contributed by atoms with Gasteiger partial charge in [-0.05, 0) is 35.4 Å². The summed E-state index contributed by atoms with van der Waals surface area (Å²) in [5.41, 5.74) is 0.844. The molecule has 24 heavy (non-hydrogen) atoms. The Morgan fingerprint density at radius 3 is 2.04 bits per heavy atom. The van der Waals surface area contributed by atoms with Gasteiger partial charge in [0, 0.05) is 13.1 Å². The summed E-state index contributed by atoms with van der Waals surface area (Å²) < 4.78 is 64.5. The van der Waals surface area contributed by atoms with Crippen molar-refractivity contribution in [2.24, 2.45) is 0 Å². The molecule has 0 saturated heterocycles. The van der Waals surface area contributed by atoms with Crippen molar-refractivity contribution < 1.29 is 26.4 Å². The molecule has 0 N–H and O–H groups in total. The van der Waals surface area contributed by atoms with Crippen molar-refractivity contribution in [2.45, 2.75) is 18.0 Å². The molecule has 1 aliphatic rings. The first kappa shape index (κ1) is 16.5. The largest absolute Gasteiger partial charge is 0.333 e. The average molecular weight is 355 g/mol. The summed E-state index contributed by atoms with van der Waals surface area (Å²) >= 11 is 0. The molecule has 0 aromatic heterocycles. The molecule has 3 rings (SSSR count). The fraction of sp³-hybridized carbons (Fsp3) is 0.188. The van der Waals surface area contributed by atoms with Gasteiger partial charge < -0.3 is 4.90 Å². The Morgan fingerprint density at radius 2 is 1.50 bits per heavy atom. The van der Waals surface area contributed by atoms with E-state index < -0.39 is 43.8 Å². The lowest BCUT2D eigenvalue weighted by atomic mass is 10.1. The zero-order valence-electron chi connectivity index (χ0n) is 12.3. The van der Waals surface area contributed by atoms with Crippen molar-refractivity contribution in [3.05, 3.63) is 65.0 Å². The Balaban J connectivity index is 1.78. The normalized spacial score (nSPS) is 13.9. The van der Waals surface area contributed by atoms with Crippen LogP contribution < -0.4 is 0 Å². The molecule has 0 spiro atoms. The van der Waals surface area contributed by atoms with E-state index in [1.54, 1.807) is 0 Å². The number of fused-ring (bicyclic) bond motifs is 1. The smallest absolute Gasteiger partial charge is 0.238 e. The lowest BCUT2D eigenvalue weighted by Gasteiger charge is -2.15. The number of nitrogens with zero attached hydrogens (tertiary/aromatic N) is 1. The van der Waals surface area contributed by atoms with E-state index in [0.717, 1.165) is 24.3 Å². The molecule has 0 saturated carbocycles. The van der Waals surface area contributed by atoms with Gasteiger partial charge in [-0.25, -0.2) is 21.6 Å². The second-order valence-corrected chi connectivity index (χ2v) is 7.43. The van der Waals surface area contributed by atoms with E-state index in [1.165, 1.54) is 17.0 Å². The maximum atomic E-state index is 13.6. The van der Waals surface area contributed by atoms with Crippen LogP contribution in [0.3, 0.4) is 0 Å². The molecule has 0 fully saturated rings. The molecule has 126 valence electrons. The highest BCUT2D eigenvalue weighted by Gasteiger charge is 2.30. The number of carbonyl (C=O) groups excluding carboxylic acids is 1. The third-order valence-electron chi connectivity index (χ3n) is 3.80. The molecule has 0 aliphatic carbocycles. The topological polar surface area (TPSA) is 54.5 Å². The third kappa shape index (κ3) is 3.01. The monoisotopic (exact) mass is 355 g/mol. The standard InChI is InChI=1S/C16H12F3NO3S/c17-12-3-1-2-4-15(12)24(22,23)9-16(21)20-7-10-5-13(18)14(19)6-11(10)8-20/h1-6H,7-9H2. The molecular weight excluding hydrogens is 343 g/mol. The van der Waals surface area contributed by atoms with E-state index >= 15 is 0 Å². The quantitative estimate of drug-likeness (QED) is 0.850. The van der Waals surface area contributed by atoms with Gasteiger partial charge in [0.1, 0.15) is 16.5 Å². The molecule has 0 bridgehead atoms. The van der Waals surface area contributed by atoms with Gasteiger partial charge in [0.15, 0.2) is 21.5 Å². The highest BCUT2D eigenvalue weighted by Crippen LogP contribution is 2.26. The van der Waals surface area contributed by atoms with Crippen LogP contribution >= 0.6 is 0 Å². The first-order valence-corrected chi connectivity index (χ1v) is 8.65. The Bertz CT molecular complexity index is 897. The van der Waals surface area contributed by atoms with Gasteiger partial charge in [-0.1, -0.05) is 12.1 Å². The van der Waals surface area contributed by atoms with E-state index in [2.05, 4.69) is 0 Å². The summed E-state index contributed by atoms with van der Waals surface area (Å²) in [7, 11) is -4.15. The second kappa shape index (κ2) is 5.94. The van der Waals surface area contributed by atoms with Crippen molar-refractivity contribution in [3.8, 4) is 0 Å². The van der Waals surface area contributed by atoms with Crippen LogP contribution in [0.2, 0.25) is 0 Å². The van der Waals surface area contributed by atoms with Crippen LogP contribution in [-0.4, -0.2) is 25.0 Å². The molecule has 0 radical (unpaired) electrons. The first-order chi connectivity index (χ1) is 11.3. The Morgan fingerprint density at radius 1 is 0.958 bits per heavy atom. The molecule has 1 heterocycles. The van der Waals surface area contributed by atoms with E-state index in [4.69, 9.17) is 0 Å². The summed E-state index contributed by atoms with van der Waals surface area (Å²) in [6.45, 7) is -0.0314. The SMILES string of the molecule is O=C(CS(=O)(=O)c1ccccc1F)N1Cc2cc(F)c(F)cc2C1. The number of sulfone groups is 1. The molecule has 1 aliphatic heterocycles. The molecule has 0 unspecified atom stereocenters. The van der Waals surface area contributed by atoms with E-state index in [9.17, 15) is 26.4 Å². The number of hydrogen-bond donors (Lipinski definition) is 0. The Labute approximate surface area is 136 Å². The van der Waals surface area contributed by atoms with Crippen LogP contribution in [0, 0.1) is 17.5 Å². The van der Waals surface area contributed by atoms with Gasteiger partial charge in [-0.15, -0.1) is 0 Å². The summed E-state index contributed by atoms with van der Waals surface area (Å²) in [5, 5.41) is 0. The molecule has 2 aromatic rings. The van der Waals surface area contributed by atoms with Gasteiger partial charge in [-0.3, -0.25) is 4.79 Å². The molecule has 2 aromatic carbocycles. The number of halogens is 3. The highest BCUT2D eigenvalue weighted by molar-refractivity contribution is 7.92. The lowest BCUT2D eigenvalue weighted by Crippen LogP contribution is -2.31. The van der Waals surface area contributed by atoms with Gasteiger partial charge in [-0.2, -0.15) is 0 Å². The van der Waals surface area contributed by atoms with E-state index in [0.29, 0.717) is 11.1 Å². The molecular formula is C16H12F3NO3S. The molecule has 0 atom stereocenters. The zero-order valence-corrected chi connectivity index (χ0v) is 13.1. The average Bonchev–Trinajstić information content (AvgIpc) is 2.90. The highest BCUT2D eigenvalue weighted by atomic mass is 32.2. The number of rotatable bonds is 3. The minimum Gasteiger partial charge on any atom is -0.333 e. The summed E-state index contributed by atoms with van der Waals surface area (Å²) in [5.74, 6) is -4.65. The van der Waals surface area contributed by atoms with Gasteiger partial charge in [0.25, 0.3) is 0 Å². The number of hydrogen-bond acceptors (Lipinski definition) is 3. The van der Waals surface area contributed by atoms with Gasteiger partial charge in [0.2, 0.25) is 5.91 Å². The van der Waals surface area contributed by atoms with Crippen molar-refractivity contribution in [1.82, 2.24) is 4.90 Å². The first-order valence-electron chi connectivity index (χ1n) is 7.00. The second-order valence-electron chi connectivity index (χ2n) is 5.47. The minimum absolute atomic E-state index is 0.0157. The Hall–Kier alpha value is -2.35. The van der Waals surface area contributed by atoms with Crippen LogP contribution in [0.15, 0.2) is 41.3 Å². The zero-order chi connectivity index (χ0) is 17.5. The Kier molecular flexibility index (Phi) is 4.08. The van der Waals surface area contributed by atoms with Crippen LogP contribution in [0.1, 0.15) is 11.1 Å². The lowest BCUT2D eigenvalue weighted by molar-refractivity contribution is -0.129. The summed E-state index contributed by atoms with van der Waals surface area (Å²) in [6.07, 6.45) is 0. The number of amides is 1. The number of benzene rings is 2. The molecule has 1 amide bonds. The molecule has 4 nitrogen and oxygen atoms in total.